The van der Waals surface area contributed by atoms with Crippen molar-refractivity contribution in [3.05, 3.63) is 39.2 Å². The molecule has 0 aliphatic heterocycles. The van der Waals surface area contributed by atoms with Crippen LogP contribution < -0.4 is 5.73 Å². The molecule has 1 aromatic carbocycles. The molecule has 0 radical (unpaired) electrons. The third-order valence-corrected chi connectivity index (χ3v) is 3.64. The van der Waals surface area contributed by atoms with Gasteiger partial charge in [0.05, 0.1) is 10.2 Å². The zero-order valence-corrected chi connectivity index (χ0v) is 12.6. The lowest BCUT2D eigenvalue weighted by molar-refractivity contribution is 0.628. The van der Waals surface area contributed by atoms with Gasteiger partial charge in [0.1, 0.15) is 11.6 Å². The first-order chi connectivity index (χ1) is 9.01. The molecule has 0 spiro atoms. The van der Waals surface area contributed by atoms with Gasteiger partial charge in [-0.15, -0.1) is 0 Å². The highest BCUT2D eigenvalue weighted by Crippen LogP contribution is 2.27. The maximum Gasteiger partial charge on any atom is 0.161 e. The van der Waals surface area contributed by atoms with Crippen molar-refractivity contribution in [1.82, 2.24) is 9.97 Å². The molecule has 0 saturated carbocycles. The van der Waals surface area contributed by atoms with Crippen LogP contribution in [0.5, 0.6) is 0 Å². The molecule has 6 heteroatoms. The second-order valence-electron chi connectivity index (χ2n) is 4.10. The third-order valence-electron chi connectivity index (χ3n) is 2.55. The number of rotatable bonds is 3. The first kappa shape index (κ1) is 14.2. The Kier molecular flexibility index (Phi) is 4.37. The van der Waals surface area contributed by atoms with Crippen molar-refractivity contribution in [2.75, 3.05) is 5.73 Å². The minimum Gasteiger partial charge on any atom is -0.383 e. The first-order valence-electron chi connectivity index (χ1n) is 5.79. The number of hydrogen-bond acceptors (Lipinski definition) is 3. The lowest BCUT2D eigenvalue weighted by Crippen LogP contribution is -2.03. The van der Waals surface area contributed by atoms with Crippen molar-refractivity contribution in [2.24, 2.45) is 0 Å². The fourth-order valence-electron chi connectivity index (χ4n) is 1.73. The van der Waals surface area contributed by atoms with E-state index in [9.17, 15) is 4.39 Å². The molecule has 0 atom stereocenters. The van der Waals surface area contributed by atoms with Gasteiger partial charge in [-0.3, -0.25) is 0 Å². The second-order valence-corrected chi connectivity index (χ2v) is 5.33. The van der Waals surface area contributed by atoms with Gasteiger partial charge >= 0.3 is 0 Å². The van der Waals surface area contributed by atoms with Crippen LogP contribution in [-0.4, -0.2) is 9.97 Å². The van der Waals surface area contributed by atoms with Crippen LogP contribution >= 0.6 is 27.5 Å². The summed E-state index contributed by atoms with van der Waals surface area (Å²) in [5.41, 5.74) is 7.17. The minimum absolute atomic E-state index is 0.303. The summed E-state index contributed by atoms with van der Waals surface area (Å²) in [7, 11) is 0. The number of halogens is 3. The molecule has 2 N–H and O–H groups in total. The quantitative estimate of drug-likeness (QED) is 0.906. The molecular weight excluding hydrogens is 333 g/mol. The SMILES string of the molecule is CCCc1nc(-c2cc(F)cc(Cl)c2)nc(N)c1Br. The molecule has 0 aliphatic rings. The van der Waals surface area contributed by atoms with Gasteiger partial charge in [0.25, 0.3) is 0 Å². The molecule has 0 saturated heterocycles. The van der Waals surface area contributed by atoms with Gasteiger partial charge in [-0.25, -0.2) is 14.4 Å². The van der Waals surface area contributed by atoms with Crippen molar-refractivity contribution < 1.29 is 4.39 Å². The Labute approximate surface area is 124 Å². The Balaban J connectivity index is 2.55. The normalized spacial score (nSPS) is 10.7. The number of aryl methyl sites for hydroxylation is 1. The number of nitrogens with zero attached hydrogens (tertiary/aromatic N) is 2. The van der Waals surface area contributed by atoms with Crippen molar-refractivity contribution in [3.63, 3.8) is 0 Å². The summed E-state index contributed by atoms with van der Waals surface area (Å²) in [6, 6.07) is 4.19. The van der Waals surface area contributed by atoms with Gasteiger partial charge in [-0.1, -0.05) is 24.9 Å². The summed E-state index contributed by atoms with van der Waals surface area (Å²) in [6.45, 7) is 2.05. The van der Waals surface area contributed by atoms with Gasteiger partial charge in [0.2, 0.25) is 0 Å². The van der Waals surface area contributed by atoms with Crippen LogP contribution in [0, 0.1) is 5.82 Å². The fraction of sp³-hybridized carbons (Fsp3) is 0.231. The van der Waals surface area contributed by atoms with E-state index < -0.39 is 5.82 Å². The first-order valence-corrected chi connectivity index (χ1v) is 6.96. The van der Waals surface area contributed by atoms with Crippen molar-refractivity contribution in [3.8, 4) is 11.4 Å². The number of aromatic nitrogens is 2. The van der Waals surface area contributed by atoms with E-state index in [-0.39, 0.29) is 0 Å². The molecule has 1 aromatic heterocycles. The van der Waals surface area contributed by atoms with Crippen LogP contribution in [0.15, 0.2) is 22.7 Å². The van der Waals surface area contributed by atoms with Crippen LogP contribution in [0.25, 0.3) is 11.4 Å². The lowest BCUT2D eigenvalue weighted by atomic mass is 10.2. The van der Waals surface area contributed by atoms with E-state index in [4.69, 9.17) is 17.3 Å². The van der Waals surface area contributed by atoms with Gasteiger partial charge in [0.15, 0.2) is 5.82 Å². The molecule has 0 fully saturated rings. The predicted octanol–water partition coefficient (Wildman–Crippen LogP) is 4.23. The zero-order valence-electron chi connectivity index (χ0n) is 10.3. The Morgan fingerprint density at radius 1 is 1.32 bits per heavy atom. The van der Waals surface area contributed by atoms with Crippen molar-refractivity contribution in [2.45, 2.75) is 19.8 Å². The Morgan fingerprint density at radius 2 is 2.05 bits per heavy atom. The number of anilines is 1. The summed E-state index contributed by atoms with van der Waals surface area (Å²) in [6.07, 6.45) is 1.70. The number of nitrogens with two attached hydrogens (primary N) is 1. The highest BCUT2D eigenvalue weighted by atomic mass is 79.9. The van der Waals surface area contributed by atoms with Crippen molar-refractivity contribution >= 4 is 33.3 Å². The topological polar surface area (TPSA) is 51.8 Å². The molecular formula is C13H12BrClFN3. The number of nitrogen functional groups attached to an aromatic ring is 1. The summed E-state index contributed by atoms with van der Waals surface area (Å²) >= 11 is 9.20. The van der Waals surface area contributed by atoms with Crippen LogP contribution in [0.1, 0.15) is 19.0 Å². The van der Waals surface area contributed by atoms with E-state index in [1.807, 2.05) is 6.92 Å². The highest BCUT2D eigenvalue weighted by molar-refractivity contribution is 9.10. The minimum atomic E-state index is -0.426. The summed E-state index contributed by atoms with van der Waals surface area (Å²) in [5.74, 6) is 0.295. The second kappa shape index (κ2) is 5.84. The smallest absolute Gasteiger partial charge is 0.161 e. The third kappa shape index (κ3) is 3.22. The van der Waals surface area contributed by atoms with E-state index in [2.05, 4.69) is 25.9 Å². The van der Waals surface area contributed by atoms with Crippen LogP contribution in [-0.2, 0) is 6.42 Å². The maximum atomic E-state index is 13.4. The summed E-state index contributed by atoms with van der Waals surface area (Å²) in [5, 5.41) is 0.303. The molecule has 1 heterocycles. The van der Waals surface area contributed by atoms with Gasteiger partial charge < -0.3 is 5.73 Å². The molecule has 0 unspecified atom stereocenters. The molecule has 0 bridgehead atoms. The van der Waals surface area contributed by atoms with E-state index in [0.717, 1.165) is 18.5 Å². The summed E-state index contributed by atoms with van der Waals surface area (Å²) < 4.78 is 14.1. The number of hydrogen-bond donors (Lipinski definition) is 1. The van der Waals surface area contributed by atoms with E-state index in [0.29, 0.717) is 26.7 Å². The van der Waals surface area contributed by atoms with Gasteiger partial charge in [-0.2, -0.15) is 0 Å². The van der Waals surface area contributed by atoms with E-state index >= 15 is 0 Å². The van der Waals surface area contributed by atoms with Gasteiger partial charge in [-0.05, 0) is 40.5 Å². The Morgan fingerprint density at radius 3 is 2.68 bits per heavy atom. The molecule has 0 amide bonds. The largest absolute Gasteiger partial charge is 0.383 e. The zero-order chi connectivity index (χ0) is 14.0. The summed E-state index contributed by atoms with van der Waals surface area (Å²) in [4.78, 5) is 8.57. The highest BCUT2D eigenvalue weighted by Gasteiger charge is 2.12. The Hall–Kier alpha value is -1.20. The molecule has 3 nitrogen and oxygen atoms in total. The standard InChI is InChI=1S/C13H12BrClFN3/c1-2-3-10-11(14)12(17)19-13(18-10)7-4-8(15)6-9(16)5-7/h4-6H,2-3H2,1H3,(H2,17,18,19). The Bertz CT molecular complexity index is 599. The molecule has 2 aromatic rings. The van der Waals surface area contributed by atoms with E-state index in [1.165, 1.54) is 12.1 Å². The van der Waals surface area contributed by atoms with Crippen LogP contribution in [0.2, 0.25) is 5.02 Å². The molecule has 2 rings (SSSR count). The molecule has 19 heavy (non-hydrogen) atoms. The molecule has 100 valence electrons. The average molecular weight is 345 g/mol. The fourth-order valence-corrected chi connectivity index (χ4v) is 2.32. The van der Waals surface area contributed by atoms with Crippen LogP contribution in [0.3, 0.4) is 0 Å². The van der Waals surface area contributed by atoms with Crippen molar-refractivity contribution in [1.29, 1.82) is 0 Å². The predicted molar refractivity (Wildman–Crippen MR) is 78.5 cm³/mol. The van der Waals surface area contributed by atoms with Crippen LogP contribution in [0.4, 0.5) is 10.2 Å². The average Bonchev–Trinajstić information content (AvgIpc) is 2.33. The monoisotopic (exact) mass is 343 g/mol. The lowest BCUT2D eigenvalue weighted by Gasteiger charge is -2.08. The molecule has 0 aliphatic carbocycles. The number of benzene rings is 1. The maximum absolute atomic E-state index is 13.4. The van der Waals surface area contributed by atoms with E-state index in [1.54, 1.807) is 6.07 Å². The van der Waals surface area contributed by atoms with Gasteiger partial charge in [0, 0.05) is 10.6 Å².